The van der Waals surface area contributed by atoms with Crippen molar-refractivity contribution in [3.8, 4) is 6.07 Å². The quantitative estimate of drug-likeness (QED) is 0.562. The summed E-state index contributed by atoms with van der Waals surface area (Å²) in [6.07, 6.45) is 0. The lowest BCUT2D eigenvalue weighted by molar-refractivity contribution is 0.625. The van der Waals surface area contributed by atoms with E-state index < -0.39 is 5.82 Å². The number of hydrogen-bond acceptors (Lipinski definition) is 1. The number of halogens is 2. The number of rotatable bonds is 0. The maximum atomic E-state index is 12.4. The molecular weight excluding hydrogens is 153 g/mol. The molecule has 0 spiro atoms. The van der Waals surface area contributed by atoms with E-state index in [1.165, 1.54) is 12.1 Å². The Morgan fingerprint density at radius 3 is 2.90 bits per heavy atom. The van der Waals surface area contributed by atoms with Crippen molar-refractivity contribution < 1.29 is 4.39 Å². The summed E-state index contributed by atoms with van der Waals surface area (Å²) < 4.78 is 12.4. The molecule has 0 heterocycles. The van der Waals surface area contributed by atoms with Gasteiger partial charge < -0.3 is 0 Å². The van der Waals surface area contributed by atoms with E-state index in [0.717, 1.165) is 0 Å². The van der Waals surface area contributed by atoms with E-state index in [-0.39, 0.29) is 10.6 Å². The SMILES string of the molecule is N#Cc1cc[c]c(F)c1Cl. The van der Waals surface area contributed by atoms with Crippen LogP contribution >= 0.6 is 11.6 Å². The molecule has 1 rings (SSSR count). The second-order valence-corrected chi connectivity index (χ2v) is 2.01. The molecule has 1 nitrogen and oxygen atoms in total. The summed E-state index contributed by atoms with van der Waals surface area (Å²) in [4.78, 5) is 0. The zero-order chi connectivity index (χ0) is 7.56. The Kier molecular flexibility index (Phi) is 1.88. The van der Waals surface area contributed by atoms with Crippen LogP contribution in [0, 0.1) is 23.2 Å². The second kappa shape index (κ2) is 2.68. The summed E-state index contributed by atoms with van der Waals surface area (Å²) in [5.74, 6) is -0.680. The second-order valence-electron chi connectivity index (χ2n) is 1.63. The van der Waals surface area contributed by atoms with Crippen molar-refractivity contribution in [1.29, 1.82) is 5.26 Å². The topological polar surface area (TPSA) is 23.8 Å². The average Bonchev–Trinajstić information content (AvgIpc) is 1.95. The van der Waals surface area contributed by atoms with E-state index in [0.29, 0.717) is 0 Å². The average molecular weight is 155 g/mol. The molecule has 0 N–H and O–H groups in total. The predicted molar refractivity (Wildman–Crippen MR) is 35.0 cm³/mol. The van der Waals surface area contributed by atoms with Crippen LogP contribution in [0.3, 0.4) is 0 Å². The summed E-state index contributed by atoms with van der Waals surface area (Å²) in [6, 6.07) is 6.70. The number of nitrogens with zero attached hydrogens (tertiary/aromatic N) is 1. The van der Waals surface area contributed by atoms with E-state index in [1.807, 2.05) is 0 Å². The third-order valence-electron chi connectivity index (χ3n) is 1.01. The van der Waals surface area contributed by atoms with Crippen molar-refractivity contribution in [1.82, 2.24) is 0 Å². The summed E-state index contributed by atoms with van der Waals surface area (Å²) >= 11 is 5.36. The first-order valence-corrected chi connectivity index (χ1v) is 2.89. The van der Waals surface area contributed by atoms with Crippen LogP contribution in [0.25, 0.3) is 0 Å². The summed E-state index contributed by atoms with van der Waals surface area (Å²) in [5, 5.41) is 8.17. The minimum atomic E-state index is -0.680. The van der Waals surface area contributed by atoms with Crippen LogP contribution in [0.1, 0.15) is 5.56 Å². The van der Waals surface area contributed by atoms with Gasteiger partial charge >= 0.3 is 0 Å². The van der Waals surface area contributed by atoms with Crippen LogP contribution < -0.4 is 0 Å². The van der Waals surface area contributed by atoms with Crippen molar-refractivity contribution in [2.45, 2.75) is 0 Å². The smallest absolute Gasteiger partial charge is 0.151 e. The fourth-order valence-electron chi connectivity index (χ4n) is 0.539. The maximum absolute atomic E-state index is 12.4. The van der Waals surface area contributed by atoms with Gasteiger partial charge in [-0.3, -0.25) is 0 Å². The van der Waals surface area contributed by atoms with Gasteiger partial charge in [-0.05, 0) is 12.1 Å². The van der Waals surface area contributed by atoms with Gasteiger partial charge in [-0.1, -0.05) is 11.6 Å². The highest BCUT2D eigenvalue weighted by Gasteiger charge is 2.03. The van der Waals surface area contributed by atoms with Crippen LogP contribution in [0.4, 0.5) is 4.39 Å². The largest absolute Gasteiger partial charge is 0.205 e. The molecule has 0 unspecified atom stereocenters. The first kappa shape index (κ1) is 7.04. The Labute approximate surface area is 62.7 Å². The molecule has 3 heteroatoms. The Morgan fingerprint density at radius 1 is 1.70 bits per heavy atom. The van der Waals surface area contributed by atoms with E-state index in [2.05, 4.69) is 6.07 Å². The monoisotopic (exact) mass is 154 g/mol. The maximum Gasteiger partial charge on any atom is 0.151 e. The first-order chi connectivity index (χ1) is 4.75. The minimum absolute atomic E-state index is 0.137. The van der Waals surface area contributed by atoms with E-state index in [4.69, 9.17) is 16.9 Å². The third-order valence-corrected chi connectivity index (χ3v) is 1.38. The Hall–Kier alpha value is -1.07. The number of nitriles is 1. The van der Waals surface area contributed by atoms with E-state index >= 15 is 0 Å². The van der Waals surface area contributed by atoms with Crippen LogP contribution in [0.2, 0.25) is 5.02 Å². The minimum Gasteiger partial charge on any atom is -0.205 e. The highest BCUT2D eigenvalue weighted by Crippen LogP contribution is 2.17. The van der Waals surface area contributed by atoms with Gasteiger partial charge in [0.15, 0.2) is 5.82 Å². The van der Waals surface area contributed by atoms with Gasteiger partial charge in [-0.15, -0.1) is 0 Å². The van der Waals surface area contributed by atoms with Crippen LogP contribution in [-0.4, -0.2) is 0 Å². The van der Waals surface area contributed by atoms with Crippen molar-refractivity contribution in [3.05, 3.63) is 34.6 Å². The molecular formula is C7H2ClFN. The van der Waals surface area contributed by atoms with E-state index in [1.54, 1.807) is 6.07 Å². The lowest BCUT2D eigenvalue weighted by Gasteiger charge is -1.92. The van der Waals surface area contributed by atoms with Crippen molar-refractivity contribution in [3.63, 3.8) is 0 Å². The molecule has 0 aliphatic rings. The summed E-state index contributed by atoms with van der Waals surface area (Å²) in [7, 11) is 0. The lowest BCUT2D eigenvalue weighted by atomic mass is 10.2. The summed E-state index contributed by atoms with van der Waals surface area (Å²) in [5.41, 5.74) is 0.137. The van der Waals surface area contributed by atoms with Crippen molar-refractivity contribution >= 4 is 11.6 Å². The van der Waals surface area contributed by atoms with Gasteiger partial charge in [-0.25, -0.2) is 4.39 Å². The molecule has 0 aromatic heterocycles. The van der Waals surface area contributed by atoms with Gasteiger partial charge in [0.05, 0.1) is 10.6 Å². The molecule has 0 aliphatic carbocycles. The molecule has 0 amide bonds. The molecule has 10 heavy (non-hydrogen) atoms. The van der Waals surface area contributed by atoms with Crippen molar-refractivity contribution in [2.75, 3.05) is 0 Å². The van der Waals surface area contributed by atoms with Gasteiger partial charge in [0.1, 0.15) is 6.07 Å². The fourth-order valence-corrected chi connectivity index (χ4v) is 0.699. The molecule has 49 valence electrons. The Morgan fingerprint density at radius 2 is 2.40 bits per heavy atom. The molecule has 1 radical (unpaired) electrons. The van der Waals surface area contributed by atoms with E-state index in [9.17, 15) is 4.39 Å². The van der Waals surface area contributed by atoms with Gasteiger partial charge in [-0.2, -0.15) is 5.26 Å². The van der Waals surface area contributed by atoms with Gasteiger partial charge in [0.2, 0.25) is 0 Å². The zero-order valence-electron chi connectivity index (χ0n) is 4.86. The molecule has 0 bridgehead atoms. The van der Waals surface area contributed by atoms with Gasteiger partial charge in [0.25, 0.3) is 0 Å². The van der Waals surface area contributed by atoms with Gasteiger partial charge in [0, 0.05) is 6.07 Å². The molecule has 0 saturated carbocycles. The molecule has 0 aliphatic heterocycles. The predicted octanol–water partition coefficient (Wildman–Crippen LogP) is 2.15. The molecule has 0 saturated heterocycles. The Balaban J connectivity index is 3.31. The van der Waals surface area contributed by atoms with Crippen LogP contribution in [0.15, 0.2) is 12.1 Å². The van der Waals surface area contributed by atoms with Crippen LogP contribution in [-0.2, 0) is 0 Å². The first-order valence-electron chi connectivity index (χ1n) is 2.51. The lowest BCUT2D eigenvalue weighted by Crippen LogP contribution is -1.81. The van der Waals surface area contributed by atoms with Crippen molar-refractivity contribution in [2.24, 2.45) is 0 Å². The van der Waals surface area contributed by atoms with Crippen LogP contribution in [0.5, 0.6) is 0 Å². The standard InChI is InChI=1S/C7H2ClFN/c8-7-5(4-10)2-1-3-6(7)9/h1-2H. The third kappa shape index (κ3) is 1.09. The number of benzene rings is 1. The number of hydrogen-bond donors (Lipinski definition) is 0. The molecule has 0 fully saturated rings. The molecule has 0 atom stereocenters. The normalized spacial score (nSPS) is 8.90. The fraction of sp³-hybridized carbons (Fsp3) is 0. The highest BCUT2D eigenvalue weighted by atomic mass is 35.5. The Bertz CT molecular complexity index is 290. The zero-order valence-corrected chi connectivity index (χ0v) is 5.61. The molecule has 1 aromatic rings. The highest BCUT2D eigenvalue weighted by molar-refractivity contribution is 6.31. The summed E-state index contributed by atoms with van der Waals surface area (Å²) in [6.45, 7) is 0. The molecule has 1 aromatic carbocycles.